The number of rotatable bonds is 3. The SMILES string of the molecule is FC(F)(F)c1cccc(NCc2coc3ccccc23)c1. The van der Waals surface area contributed by atoms with E-state index >= 15 is 0 Å². The molecule has 0 fully saturated rings. The topological polar surface area (TPSA) is 25.2 Å². The molecule has 0 aliphatic rings. The zero-order valence-electron chi connectivity index (χ0n) is 10.9. The number of alkyl halides is 3. The van der Waals surface area contributed by atoms with Gasteiger partial charge in [0.2, 0.25) is 0 Å². The highest BCUT2D eigenvalue weighted by Gasteiger charge is 2.30. The molecule has 1 N–H and O–H groups in total. The Hall–Kier alpha value is -2.43. The van der Waals surface area contributed by atoms with E-state index in [9.17, 15) is 13.2 Å². The third kappa shape index (κ3) is 2.86. The quantitative estimate of drug-likeness (QED) is 0.729. The molecule has 0 atom stereocenters. The van der Waals surface area contributed by atoms with Crippen molar-refractivity contribution < 1.29 is 17.6 Å². The summed E-state index contributed by atoms with van der Waals surface area (Å²) in [6.07, 6.45) is -2.72. The molecule has 5 heteroatoms. The molecule has 0 spiro atoms. The van der Waals surface area contributed by atoms with E-state index < -0.39 is 11.7 Å². The first-order valence-corrected chi connectivity index (χ1v) is 6.40. The van der Waals surface area contributed by atoms with Crippen LogP contribution in [0.1, 0.15) is 11.1 Å². The average Bonchev–Trinajstić information content (AvgIpc) is 2.88. The number of hydrogen-bond acceptors (Lipinski definition) is 2. The maximum absolute atomic E-state index is 12.6. The summed E-state index contributed by atoms with van der Waals surface area (Å²) >= 11 is 0. The summed E-state index contributed by atoms with van der Waals surface area (Å²) in [6, 6.07) is 12.7. The molecule has 21 heavy (non-hydrogen) atoms. The Bertz CT molecular complexity index is 761. The molecule has 3 rings (SSSR count). The van der Waals surface area contributed by atoms with Gasteiger partial charge in [0, 0.05) is 23.2 Å². The number of anilines is 1. The van der Waals surface area contributed by atoms with Gasteiger partial charge in [-0.2, -0.15) is 13.2 Å². The minimum Gasteiger partial charge on any atom is -0.464 e. The van der Waals surface area contributed by atoms with Crippen LogP contribution in [0.4, 0.5) is 18.9 Å². The molecule has 0 aliphatic carbocycles. The van der Waals surface area contributed by atoms with Crippen molar-refractivity contribution in [1.29, 1.82) is 0 Å². The fourth-order valence-corrected chi connectivity index (χ4v) is 2.17. The lowest BCUT2D eigenvalue weighted by Crippen LogP contribution is -2.06. The second-order valence-electron chi connectivity index (χ2n) is 4.69. The summed E-state index contributed by atoms with van der Waals surface area (Å²) in [6.45, 7) is 0.401. The van der Waals surface area contributed by atoms with E-state index in [0.717, 1.165) is 28.7 Å². The number of halogens is 3. The first kappa shape index (κ1) is 13.5. The lowest BCUT2D eigenvalue weighted by atomic mass is 10.1. The van der Waals surface area contributed by atoms with Crippen molar-refractivity contribution in [2.45, 2.75) is 12.7 Å². The Morgan fingerprint density at radius 1 is 1.00 bits per heavy atom. The number of furan rings is 1. The van der Waals surface area contributed by atoms with Crippen LogP contribution in [0.25, 0.3) is 11.0 Å². The number of benzene rings is 2. The van der Waals surface area contributed by atoms with Crippen molar-refractivity contribution in [2.24, 2.45) is 0 Å². The van der Waals surface area contributed by atoms with Crippen LogP contribution in [0.5, 0.6) is 0 Å². The lowest BCUT2D eigenvalue weighted by molar-refractivity contribution is -0.137. The van der Waals surface area contributed by atoms with Gasteiger partial charge in [0.25, 0.3) is 0 Å². The fraction of sp³-hybridized carbons (Fsp3) is 0.125. The molecule has 0 saturated carbocycles. The molecular weight excluding hydrogens is 279 g/mol. The van der Waals surface area contributed by atoms with Gasteiger partial charge in [-0.3, -0.25) is 0 Å². The minimum atomic E-state index is -4.33. The monoisotopic (exact) mass is 291 g/mol. The molecule has 0 aliphatic heterocycles. The van der Waals surface area contributed by atoms with Crippen LogP contribution in [-0.4, -0.2) is 0 Å². The van der Waals surface area contributed by atoms with E-state index in [0.29, 0.717) is 12.2 Å². The van der Waals surface area contributed by atoms with E-state index in [4.69, 9.17) is 4.42 Å². The molecule has 0 unspecified atom stereocenters. The van der Waals surface area contributed by atoms with Crippen molar-refractivity contribution in [2.75, 3.05) is 5.32 Å². The minimum absolute atomic E-state index is 0.401. The van der Waals surface area contributed by atoms with Crippen LogP contribution in [-0.2, 0) is 12.7 Å². The number of nitrogens with one attached hydrogen (secondary N) is 1. The summed E-state index contributed by atoms with van der Waals surface area (Å²) in [5.41, 5.74) is 1.43. The molecule has 1 heterocycles. The smallest absolute Gasteiger partial charge is 0.416 e. The van der Waals surface area contributed by atoms with E-state index in [-0.39, 0.29) is 0 Å². The summed E-state index contributed by atoms with van der Waals surface area (Å²) < 4.78 is 43.3. The van der Waals surface area contributed by atoms with Crippen LogP contribution >= 0.6 is 0 Å². The maximum Gasteiger partial charge on any atom is 0.416 e. The molecule has 108 valence electrons. The normalized spacial score (nSPS) is 11.8. The summed E-state index contributed by atoms with van der Waals surface area (Å²) in [5, 5.41) is 3.95. The van der Waals surface area contributed by atoms with Crippen molar-refractivity contribution in [3.8, 4) is 0 Å². The Labute approximate surface area is 119 Å². The standard InChI is InChI=1S/C16H12F3NO/c17-16(18,19)12-4-3-5-13(8-12)20-9-11-10-21-15-7-2-1-6-14(11)15/h1-8,10,20H,9H2. The third-order valence-corrected chi connectivity index (χ3v) is 3.23. The molecule has 2 nitrogen and oxygen atoms in total. The largest absolute Gasteiger partial charge is 0.464 e. The van der Waals surface area contributed by atoms with Crippen molar-refractivity contribution in [3.05, 3.63) is 65.9 Å². The fourth-order valence-electron chi connectivity index (χ4n) is 2.17. The number of para-hydroxylation sites is 1. The van der Waals surface area contributed by atoms with Crippen molar-refractivity contribution in [1.82, 2.24) is 0 Å². The number of fused-ring (bicyclic) bond motifs is 1. The summed E-state index contributed by atoms with van der Waals surface area (Å²) in [4.78, 5) is 0. The predicted octanol–water partition coefficient (Wildman–Crippen LogP) is 5.06. The van der Waals surface area contributed by atoms with E-state index in [2.05, 4.69) is 5.32 Å². The molecule has 0 radical (unpaired) electrons. The predicted molar refractivity (Wildman–Crippen MR) is 75.0 cm³/mol. The Morgan fingerprint density at radius 2 is 1.81 bits per heavy atom. The van der Waals surface area contributed by atoms with Crippen LogP contribution in [0.3, 0.4) is 0 Å². The molecule has 0 saturated heterocycles. The maximum atomic E-state index is 12.6. The van der Waals surface area contributed by atoms with E-state index in [1.807, 2.05) is 24.3 Å². The first-order chi connectivity index (χ1) is 10.0. The number of hydrogen-bond donors (Lipinski definition) is 1. The highest BCUT2D eigenvalue weighted by Crippen LogP contribution is 2.31. The average molecular weight is 291 g/mol. The molecule has 3 aromatic rings. The van der Waals surface area contributed by atoms with Gasteiger partial charge in [0.15, 0.2) is 0 Å². The Kier molecular flexibility index (Phi) is 3.33. The van der Waals surface area contributed by atoms with Gasteiger partial charge in [-0.05, 0) is 24.3 Å². The molecule has 0 amide bonds. The van der Waals surface area contributed by atoms with Gasteiger partial charge >= 0.3 is 6.18 Å². The van der Waals surface area contributed by atoms with Gasteiger partial charge in [0.05, 0.1) is 11.8 Å². The third-order valence-electron chi connectivity index (χ3n) is 3.23. The van der Waals surface area contributed by atoms with Crippen LogP contribution in [0, 0.1) is 0 Å². The second kappa shape index (κ2) is 5.16. The van der Waals surface area contributed by atoms with Crippen LogP contribution in [0.15, 0.2) is 59.2 Å². The lowest BCUT2D eigenvalue weighted by Gasteiger charge is -2.10. The van der Waals surface area contributed by atoms with Gasteiger partial charge < -0.3 is 9.73 Å². The Balaban J connectivity index is 1.79. The summed E-state index contributed by atoms with van der Waals surface area (Å²) in [5.74, 6) is 0. The molecular formula is C16H12F3NO. The van der Waals surface area contributed by atoms with Gasteiger partial charge in [-0.25, -0.2) is 0 Å². The summed E-state index contributed by atoms with van der Waals surface area (Å²) in [7, 11) is 0. The zero-order valence-corrected chi connectivity index (χ0v) is 10.9. The van der Waals surface area contributed by atoms with Crippen LogP contribution < -0.4 is 5.32 Å². The second-order valence-corrected chi connectivity index (χ2v) is 4.69. The van der Waals surface area contributed by atoms with Gasteiger partial charge in [0.1, 0.15) is 5.58 Å². The van der Waals surface area contributed by atoms with Gasteiger partial charge in [-0.1, -0.05) is 24.3 Å². The highest BCUT2D eigenvalue weighted by molar-refractivity contribution is 5.81. The van der Waals surface area contributed by atoms with Gasteiger partial charge in [-0.15, -0.1) is 0 Å². The van der Waals surface area contributed by atoms with Crippen molar-refractivity contribution in [3.63, 3.8) is 0 Å². The van der Waals surface area contributed by atoms with E-state index in [1.165, 1.54) is 6.07 Å². The molecule has 0 bridgehead atoms. The first-order valence-electron chi connectivity index (χ1n) is 6.40. The molecule has 2 aromatic carbocycles. The van der Waals surface area contributed by atoms with Crippen LogP contribution in [0.2, 0.25) is 0 Å². The zero-order chi connectivity index (χ0) is 14.9. The molecule has 1 aromatic heterocycles. The van der Waals surface area contributed by atoms with Crippen molar-refractivity contribution >= 4 is 16.7 Å². The highest BCUT2D eigenvalue weighted by atomic mass is 19.4. The Morgan fingerprint density at radius 3 is 2.62 bits per heavy atom. The van der Waals surface area contributed by atoms with E-state index in [1.54, 1.807) is 12.3 Å².